The van der Waals surface area contributed by atoms with Gasteiger partial charge in [-0.3, -0.25) is 4.99 Å². The number of nitrogens with zero attached hydrogens (tertiary/aromatic N) is 4. The van der Waals surface area contributed by atoms with Crippen molar-refractivity contribution < 1.29 is 0 Å². The standard InChI is InChI=1S/C19H23N5S/c20-18(23-6-8-24(9-7-23)19-21-5-10-25-19)22-12-16-15-11-13-3-1-2-4-14(13)17(15)16/h1-5,10,15-17H,6-9,11-12H2,(H2,20,22). The Morgan fingerprint density at radius 1 is 1.24 bits per heavy atom. The predicted octanol–water partition coefficient (Wildman–Crippen LogP) is 2.17. The van der Waals surface area contributed by atoms with Crippen LogP contribution in [0.25, 0.3) is 0 Å². The van der Waals surface area contributed by atoms with Gasteiger partial charge in [-0.15, -0.1) is 11.3 Å². The summed E-state index contributed by atoms with van der Waals surface area (Å²) in [6.45, 7) is 4.66. The third-order valence-electron chi connectivity index (χ3n) is 5.96. The second-order valence-electron chi connectivity index (χ2n) is 7.24. The zero-order valence-corrected chi connectivity index (χ0v) is 15.0. The topological polar surface area (TPSA) is 57.8 Å². The molecule has 1 aromatic carbocycles. The highest BCUT2D eigenvalue weighted by atomic mass is 32.1. The molecule has 3 unspecified atom stereocenters. The fourth-order valence-corrected chi connectivity index (χ4v) is 5.23. The Labute approximate surface area is 152 Å². The van der Waals surface area contributed by atoms with Crippen molar-refractivity contribution in [3.8, 4) is 0 Å². The quantitative estimate of drug-likeness (QED) is 0.679. The first-order valence-corrected chi connectivity index (χ1v) is 9.96. The van der Waals surface area contributed by atoms with Crippen LogP contribution in [0, 0.1) is 11.8 Å². The van der Waals surface area contributed by atoms with Crippen molar-refractivity contribution >= 4 is 22.4 Å². The Bertz CT molecular complexity index is 779. The molecule has 3 atom stereocenters. The summed E-state index contributed by atoms with van der Waals surface area (Å²) >= 11 is 1.70. The number of anilines is 1. The van der Waals surface area contributed by atoms with E-state index >= 15 is 0 Å². The summed E-state index contributed by atoms with van der Waals surface area (Å²) in [7, 11) is 0. The number of piperazine rings is 1. The molecule has 5 nitrogen and oxygen atoms in total. The van der Waals surface area contributed by atoms with Crippen molar-refractivity contribution in [3.63, 3.8) is 0 Å². The molecule has 0 amide bonds. The minimum absolute atomic E-state index is 0.699. The zero-order valence-electron chi connectivity index (χ0n) is 14.2. The number of thiazole rings is 1. The Balaban J connectivity index is 1.16. The molecule has 2 aliphatic carbocycles. The van der Waals surface area contributed by atoms with Crippen LogP contribution in [0.15, 0.2) is 40.8 Å². The van der Waals surface area contributed by atoms with Crippen LogP contribution in [-0.2, 0) is 6.42 Å². The third kappa shape index (κ3) is 2.68. The molecule has 6 heteroatoms. The molecular formula is C19H23N5S. The summed E-state index contributed by atoms with van der Waals surface area (Å²) in [5, 5.41) is 3.14. The molecule has 0 bridgehead atoms. The van der Waals surface area contributed by atoms with Gasteiger partial charge in [-0.05, 0) is 35.3 Å². The molecule has 1 saturated carbocycles. The minimum atomic E-state index is 0.699. The monoisotopic (exact) mass is 353 g/mol. The van der Waals surface area contributed by atoms with Crippen molar-refractivity contribution in [2.24, 2.45) is 22.6 Å². The second kappa shape index (κ2) is 6.02. The molecule has 3 aliphatic rings. The normalized spacial score (nSPS) is 28.0. The maximum Gasteiger partial charge on any atom is 0.191 e. The van der Waals surface area contributed by atoms with E-state index in [0.717, 1.165) is 55.7 Å². The lowest BCUT2D eigenvalue weighted by molar-refractivity contribution is 0.380. The molecule has 5 rings (SSSR count). The zero-order chi connectivity index (χ0) is 16.8. The molecule has 2 N–H and O–H groups in total. The van der Waals surface area contributed by atoms with E-state index in [-0.39, 0.29) is 0 Å². The number of hydrogen-bond donors (Lipinski definition) is 1. The van der Waals surface area contributed by atoms with Crippen LogP contribution in [0.2, 0.25) is 0 Å². The average Bonchev–Trinajstić information content (AvgIpc) is 3.04. The summed E-state index contributed by atoms with van der Waals surface area (Å²) in [4.78, 5) is 13.7. The minimum Gasteiger partial charge on any atom is -0.370 e. The van der Waals surface area contributed by atoms with Gasteiger partial charge in [0.1, 0.15) is 0 Å². The number of rotatable bonds is 3. The Morgan fingerprint density at radius 3 is 2.88 bits per heavy atom. The molecule has 2 aromatic rings. The smallest absolute Gasteiger partial charge is 0.191 e. The van der Waals surface area contributed by atoms with Gasteiger partial charge >= 0.3 is 0 Å². The van der Waals surface area contributed by atoms with Crippen LogP contribution >= 0.6 is 11.3 Å². The van der Waals surface area contributed by atoms with E-state index in [1.165, 1.54) is 6.42 Å². The molecule has 0 radical (unpaired) electrons. The number of aliphatic imine (C=N–C) groups is 1. The lowest BCUT2D eigenvalue weighted by atomic mass is 10.0. The lowest BCUT2D eigenvalue weighted by Crippen LogP contribution is -2.51. The van der Waals surface area contributed by atoms with Gasteiger partial charge in [-0.1, -0.05) is 24.3 Å². The van der Waals surface area contributed by atoms with Gasteiger partial charge in [0, 0.05) is 44.3 Å². The summed E-state index contributed by atoms with van der Waals surface area (Å²) in [5.41, 5.74) is 9.38. The van der Waals surface area contributed by atoms with Gasteiger partial charge in [-0.25, -0.2) is 4.98 Å². The number of fused-ring (bicyclic) bond motifs is 3. The van der Waals surface area contributed by atoms with Crippen LogP contribution < -0.4 is 10.6 Å². The first-order chi connectivity index (χ1) is 12.3. The summed E-state index contributed by atoms with van der Waals surface area (Å²) in [6.07, 6.45) is 3.10. The number of aromatic nitrogens is 1. The van der Waals surface area contributed by atoms with E-state index < -0.39 is 0 Å². The first-order valence-electron chi connectivity index (χ1n) is 9.08. The predicted molar refractivity (Wildman–Crippen MR) is 102 cm³/mol. The van der Waals surface area contributed by atoms with Crippen molar-refractivity contribution in [1.82, 2.24) is 9.88 Å². The van der Waals surface area contributed by atoms with Crippen molar-refractivity contribution in [2.75, 3.05) is 37.6 Å². The highest BCUT2D eigenvalue weighted by Crippen LogP contribution is 2.61. The summed E-state index contributed by atoms with van der Waals surface area (Å²) in [6, 6.07) is 8.89. The Kier molecular flexibility index (Phi) is 3.66. The third-order valence-corrected chi connectivity index (χ3v) is 6.79. The Morgan fingerprint density at radius 2 is 2.08 bits per heavy atom. The van der Waals surface area contributed by atoms with Crippen molar-refractivity contribution in [1.29, 1.82) is 0 Å². The lowest BCUT2D eigenvalue weighted by Gasteiger charge is -2.35. The molecular weight excluding hydrogens is 330 g/mol. The number of nitrogens with two attached hydrogens (primary N) is 1. The average molecular weight is 353 g/mol. The van der Waals surface area contributed by atoms with Crippen LogP contribution in [0.1, 0.15) is 17.0 Å². The van der Waals surface area contributed by atoms with Crippen LogP contribution in [-0.4, -0.2) is 48.6 Å². The highest BCUT2D eigenvalue weighted by molar-refractivity contribution is 7.13. The van der Waals surface area contributed by atoms with Gasteiger partial charge in [0.05, 0.1) is 0 Å². The molecule has 1 aliphatic heterocycles. The first kappa shape index (κ1) is 15.2. The number of benzene rings is 1. The van der Waals surface area contributed by atoms with E-state index in [0.29, 0.717) is 5.92 Å². The number of hydrogen-bond acceptors (Lipinski definition) is 4. The molecule has 2 fully saturated rings. The molecule has 0 spiro atoms. The van der Waals surface area contributed by atoms with Gasteiger partial charge in [0.2, 0.25) is 0 Å². The SMILES string of the molecule is NC(=NCC1C2Cc3ccccc3C12)N1CCN(c2nccs2)CC1. The second-order valence-corrected chi connectivity index (χ2v) is 8.12. The fourth-order valence-electron chi connectivity index (χ4n) is 4.53. The van der Waals surface area contributed by atoms with Crippen LogP contribution in [0.4, 0.5) is 5.13 Å². The molecule has 130 valence electrons. The fraction of sp³-hybridized carbons (Fsp3) is 0.474. The van der Waals surface area contributed by atoms with Gasteiger partial charge < -0.3 is 15.5 Å². The Hall–Kier alpha value is -2.08. The van der Waals surface area contributed by atoms with E-state index in [9.17, 15) is 0 Å². The van der Waals surface area contributed by atoms with Crippen molar-refractivity contribution in [2.45, 2.75) is 12.3 Å². The maximum absolute atomic E-state index is 6.28. The van der Waals surface area contributed by atoms with E-state index in [1.807, 2.05) is 11.6 Å². The summed E-state index contributed by atoms with van der Waals surface area (Å²) < 4.78 is 0. The van der Waals surface area contributed by atoms with Crippen LogP contribution in [0.3, 0.4) is 0 Å². The molecule has 1 aromatic heterocycles. The molecule has 1 saturated heterocycles. The summed E-state index contributed by atoms with van der Waals surface area (Å²) in [5.74, 6) is 2.95. The van der Waals surface area contributed by atoms with Gasteiger partial charge in [-0.2, -0.15) is 0 Å². The van der Waals surface area contributed by atoms with Crippen LogP contribution in [0.5, 0.6) is 0 Å². The van der Waals surface area contributed by atoms with Crippen molar-refractivity contribution in [3.05, 3.63) is 47.0 Å². The van der Waals surface area contributed by atoms with Gasteiger partial charge in [0.25, 0.3) is 0 Å². The van der Waals surface area contributed by atoms with E-state index in [4.69, 9.17) is 10.7 Å². The highest BCUT2D eigenvalue weighted by Gasteiger charge is 2.54. The molecule has 25 heavy (non-hydrogen) atoms. The van der Waals surface area contributed by atoms with E-state index in [1.54, 1.807) is 22.5 Å². The van der Waals surface area contributed by atoms with E-state index in [2.05, 4.69) is 39.0 Å². The van der Waals surface area contributed by atoms with Gasteiger partial charge in [0.15, 0.2) is 11.1 Å². The number of guanidine groups is 1. The maximum atomic E-state index is 6.28. The molecule has 2 heterocycles. The largest absolute Gasteiger partial charge is 0.370 e.